The van der Waals surface area contributed by atoms with E-state index in [0.717, 1.165) is 37.7 Å². The second-order valence-electron chi connectivity index (χ2n) is 11.7. The number of hydrogen-bond donors (Lipinski definition) is 0. The number of carbonyl (C=O) groups excluding carboxylic acids is 2. The van der Waals surface area contributed by atoms with Crippen molar-refractivity contribution < 1.29 is 37.0 Å². The minimum absolute atomic E-state index is 0.213. The Morgan fingerprint density at radius 2 is 1.47 bits per heavy atom. The van der Waals surface area contributed by atoms with E-state index in [0.29, 0.717) is 19.3 Å². The minimum Gasteiger partial charge on any atom is -0.490 e. The molecule has 0 aromatic heterocycles. The molecule has 0 radical (unpaired) electrons. The average Bonchev–Trinajstić information content (AvgIpc) is 3.02. The summed E-state index contributed by atoms with van der Waals surface area (Å²) in [5, 5.41) is 0. The molecule has 238 valence electrons. The fraction of sp³-hybridized carbons (Fsp3) is 0.600. The van der Waals surface area contributed by atoms with Crippen molar-refractivity contribution in [3.05, 3.63) is 59.2 Å². The molecule has 1 aliphatic carbocycles. The molecule has 43 heavy (non-hydrogen) atoms. The van der Waals surface area contributed by atoms with Crippen LogP contribution in [-0.4, -0.2) is 30.8 Å². The number of carbonyl (C=O) groups is 2. The summed E-state index contributed by atoms with van der Waals surface area (Å²) < 4.78 is 59.6. The summed E-state index contributed by atoms with van der Waals surface area (Å²) in [6.45, 7) is 6.01. The lowest BCUT2D eigenvalue weighted by molar-refractivity contribution is -0.158. The van der Waals surface area contributed by atoms with Gasteiger partial charge in [0.2, 0.25) is 5.82 Å². The molecule has 0 unspecified atom stereocenters. The van der Waals surface area contributed by atoms with Gasteiger partial charge >= 0.3 is 11.9 Å². The van der Waals surface area contributed by atoms with Gasteiger partial charge in [-0.1, -0.05) is 84.3 Å². The maximum absolute atomic E-state index is 14.7. The number of halogens is 3. The molecule has 2 aromatic rings. The van der Waals surface area contributed by atoms with Gasteiger partial charge in [-0.15, -0.1) is 0 Å². The second-order valence-corrected chi connectivity index (χ2v) is 11.7. The number of hydrogen-bond acceptors (Lipinski definition) is 5. The highest BCUT2D eigenvalue weighted by molar-refractivity contribution is 5.91. The molecular weight excluding hydrogens is 557 g/mol. The van der Waals surface area contributed by atoms with E-state index in [2.05, 4.69) is 6.92 Å². The Balaban J connectivity index is 1.44. The van der Waals surface area contributed by atoms with Crippen molar-refractivity contribution in [3.8, 4) is 11.5 Å². The SMILES string of the molecule is CCCCCCCCCCOc1ccc(C(=O)Oc2ccc([C@H]3CC[C@H](OC(=O)[C@@H](F)[C@@H](C)CC)CC3)cc2)c(F)c1F. The molecule has 2 atom stereocenters. The summed E-state index contributed by atoms with van der Waals surface area (Å²) in [7, 11) is 0. The molecule has 0 saturated heterocycles. The van der Waals surface area contributed by atoms with E-state index in [4.69, 9.17) is 14.2 Å². The first-order chi connectivity index (χ1) is 20.7. The highest BCUT2D eigenvalue weighted by atomic mass is 19.2. The Hall–Kier alpha value is -3.03. The predicted octanol–water partition coefficient (Wildman–Crippen LogP) is 9.66. The van der Waals surface area contributed by atoms with Gasteiger partial charge in [-0.3, -0.25) is 0 Å². The summed E-state index contributed by atoms with van der Waals surface area (Å²) in [6.07, 6.45) is 10.4. The van der Waals surface area contributed by atoms with Crippen LogP contribution in [0, 0.1) is 17.6 Å². The molecule has 3 rings (SSSR count). The smallest absolute Gasteiger partial charge is 0.346 e. The van der Waals surface area contributed by atoms with Crippen LogP contribution >= 0.6 is 0 Å². The fourth-order valence-electron chi connectivity index (χ4n) is 5.37. The van der Waals surface area contributed by atoms with Crippen molar-refractivity contribution >= 4 is 11.9 Å². The maximum Gasteiger partial charge on any atom is 0.346 e. The van der Waals surface area contributed by atoms with Crippen molar-refractivity contribution in [1.29, 1.82) is 0 Å². The van der Waals surface area contributed by atoms with Crippen LogP contribution in [0.15, 0.2) is 36.4 Å². The molecule has 0 heterocycles. The van der Waals surface area contributed by atoms with E-state index in [-0.39, 0.29) is 36.0 Å². The lowest BCUT2D eigenvalue weighted by Crippen LogP contribution is -2.31. The number of unbranched alkanes of at least 4 members (excludes halogenated alkanes) is 7. The van der Waals surface area contributed by atoms with E-state index in [9.17, 15) is 22.8 Å². The van der Waals surface area contributed by atoms with E-state index in [1.165, 1.54) is 44.2 Å². The Morgan fingerprint density at radius 3 is 2.09 bits per heavy atom. The third-order valence-electron chi connectivity index (χ3n) is 8.41. The molecule has 0 N–H and O–H groups in total. The maximum atomic E-state index is 14.7. The topological polar surface area (TPSA) is 61.8 Å². The van der Waals surface area contributed by atoms with Crippen molar-refractivity contribution in [2.75, 3.05) is 6.61 Å². The highest BCUT2D eigenvalue weighted by Gasteiger charge is 2.30. The zero-order chi connectivity index (χ0) is 31.2. The lowest BCUT2D eigenvalue weighted by atomic mass is 9.82. The average molecular weight is 605 g/mol. The van der Waals surface area contributed by atoms with Crippen molar-refractivity contribution in [1.82, 2.24) is 0 Å². The van der Waals surface area contributed by atoms with Crippen LogP contribution in [0.4, 0.5) is 13.2 Å². The first kappa shape index (κ1) is 34.5. The van der Waals surface area contributed by atoms with Gasteiger partial charge in [0.05, 0.1) is 12.2 Å². The largest absolute Gasteiger partial charge is 0.490 e. The van der Waals surface area contributed by atoms with Gasteiger partial charge in [-0.2, -0.15) is 4.39 Å². The third-order valence-corrected chi connectivity index (χ3v) is 8.41. The normalized spacial score (nSPS) is 18.1. The van der Waals surface area contributed by atoms with Crippen LogP contribution < -0.4 is 9.47 Å². The number of esters is 2. The predicted molar refractivity (Wildman–Crippen MR) is 161 cm³/mol. The van der Waals surface area contributed by atoms with Crippen molar-refractivity contribution in [2.24, 2.45) is 5.92 Å². The fourth-order valence-corrected chi connectivity index (χ4v) is 5.37. The molecule has 0 aliphatic heterocycles. The molecule has 0 amide bonds. The molecule has 0 bridgehead atoms. The van der Waals surface area contributed by atoms with Gasteiger partial charge < -0.3 is 14.2 Å². The third kappa shape index (κ3) is 10.6. The van der Waals surface area contributed by atoms with Crippen LogP contribution in [-0.2, 0) is 9.53 Å². The summed E-state index contributed by atoms with van der Waals surface area (Å²) in [4.78, 5) is 24.7. The number of rotatable bonds is 17. The zero-order valence-electron chi connectivity index (χ0n) is 25.8. The van der Waals surface area contributed by atoms with Crippen molar-refractivity contribution in [2.45, 2.75) is 122 Å². The van der Waals surface area contributed by atoms with Crippen molar-refractivity contribution in [3.63, 3.8) is 0 Å². The Morgan fingerprint density at radius 1 is 0.837 bits per heavy atom. The standard InChI is InChI=1S/C35H47F3O5/c1-4-6-7-8-9-10-11-12-23-41-30-22-21-29(32(37)33(30)38)34(39)42-27-17-13-25(14-18-27)26-15-19-28(20-16-26)43-35(40)31(36)24(3)5-2/h13-14,17-18,21-22,24,26,28,31H,4-12,15-16,19-20,23H2,1-3H3/t24-,26-,28-,31-/m0/s1. The summed E-state index contributed by atoms with van der Waals surface area (Å²) in [6, 6.07) is 9.34. The summed E-state index contributed by atoms with van der Waals surface area (Å²) >= 11 is 0. The molecule has 8 heteroatoms. The van der Waals surface area contributed by atoms with Gasteiger partial charge in [0.25, 0.3) is 0 Å². The Kier molecular flexibility index (Phi) is 14.4. The molecule has 2 aromatic carbocycles. The van der Waals surface area contributed by atoms with Gasteiger partial charge in [-0.05, 0) is 73.8 Å². The quantitative estimate of drug-likeness (QED) is 0.102. The monoisotopic (exact) mass is 604 g/mol. The first-order valence-corrected chi connectivity index (χ1v) is 16.0. The molecular formula is C35H47F3O5. The Labute approximate surface area is 254 Å². The van der Waals surface area contributed by atoms with Gasteiger partial charge in [0.1, 0.15) is 11.9 Å². The van der Waals surface area contributed by atoms with Crippen LogP contribution in [0.2, 0.25) is 0 Å². The molecule has 5 nitrogen and oxygen atoms in total. The zero-order valence-corrected chi connectivity index (χ0v) is 25.8. The lowest BCUT2D eigenvalue weighted by Gasteiger charge is -2.29. The number of benzene rings is 2. The van der Waals surface area contributed by atoms with Gasteiger partial charge in [-0.25, -0.2) is 18.4 Å². The second kappa shape index (κ2) is 17.9. The van der Waals surface area contributed by atoms with E-state index >= 15 is 0 Å². The Bertz CT molecular complexity index is 1140. The summed E-state index contributed by atoms with van der Waals surface area (Å²) in [5.74, 6) is -4.42. The van der Waals surface area contributed by atoms with E-state index in [1.54, 1.807) is 19.1 Å². The molecule has 1 saturated carbocycles. The molecule has 0 spiro atoms. The first-order valence-electron chi connectivity index (χ1n) is 16.0. The van der Waals surface area contributed by atoms with Crippen LogP contribution in [0.1, 0.15) is 126 Å². The molecule has 1 fully saturated rings. The van der Waals surface area contributed by atoms with Gasteiger partial charge in [0.15, 0.2) is 17.7 Å². The number of alkyl halides is 1. The minimum atomic E-state index is -1.60. The van der Waals surface area contributed by atoms with Gasteiger partial charge in [0, 0.05) is 0 Å². The van der Waals surface area contributed by atoms with E-state index < -0.39 is 35.3 Å². The van der Waals surface area contributed by atoms with E-state index in [1.807, 2.05) is 19.1 Å². The highest BCUT2D eigenvalue weighted by Crippen LogP contribution is 2.35. The number of ether oxygens (including phenoxy) is 3. The van der Waals surface area contributed by atoms with Crippen LogP contribution in [0.5, 0.6) is 11.5 Å². The van der Waals surface area contributed by atoms with Crippen LogP contribution in [0.25, 0.3) is 0 Å². The molecule has 1 aliphatic rings. The van der Waals surface area contributed by atoms with Crippen LogP contribution in [0.3, 0.4) is 0 Å². The summed E-state index contributed by atoms with van der Waals surface area (Å²) in [5.41, 5.74) is 0.528.